The summed E-state index contributed by atoms with van der Waals surface area (Å²) < 4.78 is 25.8. The molecule has 1 aliphatic heterocycles. The number of aromatic nitrogens is 3. The summed E-state index contributed by atoms with van der Waals surface area (Å²) in [5.41, 5.74) is 1.28. The summed E-state index contributed by atoms with van der Waals surface area (Å²) >= 11 is 0. The first-order valence-electron chi connectivity index (χ1n) is 7.54. The Kier molecular flexibility index (Phi) is 4.36. The van der Waals surface area contributed by atoms with Gasteiger partial charge in [0, 0.05) is 19.3 Å². The normalized spacial score (nSPS) is 19.0. The minimum absolute atomic E-state index is 0.115. The van der Waals surface area contributed by atoms with E-state index in [9.17, 15) is 8.42 Å². The molecule has 1 aromatic carbocycles. The summed E-state index contributed by atoms with van der Waals surface area (Å²) in [4.78, 5) is 2.44. The first-order chi connectivity index (χ1) is 11.0. The van der Waals surface area contributed by atoms with Gasteiger partial charge >= 0.3 is 0 Å². The lowest BCUT2D eigenvalue weighted by Crippen LogP contribution is -2.37. The van der Waals surface area contributed by atoms with E-state index < -0.39 is 9.84 Å². The van der Waals surface area contributed by atoms with E-state index in [-0.39, 0.29) is 12.6 Å². The van der Waals surface area contributed by atoms with Gasteiger partial charge in [0.15, 0.2) is 9.84 Å². The molecule has 0 bridgehead atoms. The summed E-state index contributed by atoms with van der Waals surface area (Å²) in [7, 11) is -3.27. The summed E-state index contributed by atoms with van der Waals surface area (Å²) in [5, 5.41) is 17.1. The molecule has 7 nitrogen and oxygen atoms in total. The van der Waals surface area contributed by atoms with Gasteiger partial charge in [-0.15, -0.1) is 5.10 Å². The topological polar surface area (TPSA) is 88.3 Å². The molecule has 124 valence electrons. The van der Waals surface area contributed by atoms with Crippen LogP contribution in [0, 0.1) is 0 Å². The Morgan fingerprint density at radius 2 is 2.13 bits per heavy atom. The van der Waals surface area contributed by atoms with Crippen LogP contribution in [0.15, 0.2) is 35.4 Å². The maximum Gasteiger partial charge on any atom is 0.177 e. The van der Waals surface area contributed by atoms with E-state index in [1.54, 1.807) is 23.0 Å². The Morgan fingerprint density at radius 1 is 1.35 bits per heavy atom. The second kappa shape index (κ2) is 6.29. The maximum absolute atomic E-state index is 12.0. The molecule has 1 saturated heterocycles. The van der Waals surface area contributed by atoms with Crippen molar-refractivity contribution in [1.29, 1.82) is 0 Å². The SMILES string of the molecule is CS(=O)(=O)c1ccccc1N1CCCC(n2cc(CO)nn2)C1. The third-order valence-corrected chi connectivity index (χ3v) is 5.24. The Hall–Kier alpha value is -1.93. The van der Waals surface area contributed by atoms with Crippen LogP contribution in [0.2, 0.25) is 0 Å². The van der Waals surface area contributed by atoms with Crippen molar-refractivity contribution in [1.82, 2.24) is 15.0 Å². The van der Waals surface area contributed by atoms with Crippen molar-refractivity contribution < 1.29 is 13.5 Å². The van der Waals surface area contributed by atoms with Crippen LogP contribution in [-0.2, 0) is 16.4 Å². The average Bonchev–Trinajstić information content (AvgIpc) is 3.03. The minimum atomic E-state index is -3.27. The molecule has 3 rings (SSSR count). The number of aliphatic hydroxyl groups excluding tert-OH is 1. The van der Waals surface area contributed by atoms with Crippen LogP contribution in [0.3, 0.4) is 0 Å². The molecule has 1 N–H and O–H groups in total. The first-order valence-corrected chi connectivity index (χ1v) is 9.44. The van der Waals surface area contributed by atoms with Crippen molar-refractivity contribution in [3.05, 3.63) is 36.2 Å². The van der Waals surface area contributed by atoms with Crippen LogP contribution in [0.5, 0.6) is 0 Å². The summed E-state index contributed by atoms with van der Waals surface area (Å²) in [6, 6.07) is 7.20. The summed E-state index contributed by atoms with van der Waals surface area (Å²) in [5.74, 6) is 0. The van der Waals surface area contributed by atoms with Crippen molar-refractivity contribution in [2.24, 2.45) is 0 Å². The number of sulfone groups is 1. The van der Waals surface area contributed by atoms with E-state index in [4.69, 9.17) is 5.11 Å². The fraction of sp³-hybridized carbons (Fsp3) is 0.467. The largest absolute Gasteiger partial charge is 0.390 e. The van der Waals surface area contributed by atoms with Gasteiger partial charge in [0.25, 0.3) is 0 Å². The van der Waals surface area contributed by atoms with Crippen LogP contribution in [0.4, 0.5) is 5.69 Å². The zero-order valence-corrected chi connectivity index (χ0v) is 13.8. The van der Waals surface area contributed by atoms with Crippen LogP contribution < -0.4 is 4.90 Å². The third kappa shape index (κ3) is 3.37. The lowest BCUT2D eigenvalue weighted by molar-refractivity contribution is 0.276. The molecule has 1 aromatic heterocycles. The van der Waals surface area contributed by atoms with Crippen LogP contribution >= 0.6 is 0 Å². The molecule has 1 atom stereocenters. The monoisotopic (exact) mass is 336 g/mol. The number of nitrogens with zero attached hydrogens (tertiary/aromatic N) is 4. The van der Waals surface area contributed by atoms with Crippen molar-refractivity contribution >= 4 is 15.5 Å². The number of anilines is 1. The molecule has 0 radical (unpaired) electrons. The lowest BCUT2D eigenvalue weighted by atomic mass is 10.1. The summed E-state index contributed by atoms with van der Waals surface area (Å²) in [6.45, 7) is 1.35. The standard InChI is InChI=1S/C15H20N4O3S/c1-23(21,22)15-7-3-2-6-14(15)18-8-4-5-13(10-18)19-9-12(11-20)16-17-19/h2-3,6-7,9,13,20H,4-5,8,10-11H2,1H3. The molecule has 0 saturated carbocycles. The van der Waals surface area contributed by atoms with Gasteiger partial charge in [-0.25, -0.2) is 13.1 Å². The van der Waals surface area contributed by atoms with Gasteiger partial charge in [-0.2, -0.15) is 0 Å². The first kappa shape index (κ1) is 15.9. The second-order valence-corrected chi connectivity index (χ2v) is 7.81. The van der Waals surface area contributed by atoms with Gasteiger partial charge in [-0.1, -0.05) is 17.3 Å². The number of hydrogen-bond donors (Lipinski definition) is 1. The molecule has 0 spiro atoms. The predicted octanol–water partition coefficient (Wildman–Crippen LogP) is 1.02. The van der Waals surface area contributed by atoms with Gasteiger partial charge in [-0.3, -0.25) is 0 Å². The third-order valence-electron chi connectivity index (χ3n) is 4.10. The number of hydrogen-bond acceptors (Lipinski definition) is 6. The Labute approximate surface area is 135 Å². The second-order valence-electron chi connectivity index (χ2n) is 5.83. The van der Waals surface area contributed by atoms with Crippen molar-refractivity contribution in [2.75, 3.05) is 24.2 Å². The molecular weight excluding hydrogens is 316 g/mol. The van der Waals surface area contributed by atoms with E-state index in [0.717, 1.165) is 25.1 Å². The van der Waals surface area contributed by atoms with Gasteiger partial charge < -0.3 is 10.0 Å². The van der Waals surface area contributed by atoms with Gasteiger partial charge in [-0.05, 0) is 25.0 Å². The highest BCUT2D eigenvalue weighted by atomic mass is 32.2. The van der Waals surface area contributed by atoms with Gasteiger partial charge in [0.05, 0.1) is 29.4 Å². The summed E-state index contributed by atoms with van der Waals surface area (Å²) in [6.07, 6.45) is 4.87. The van der Waals surface area contributed by atoms with Crippen LogP contribution in [0.1, 0.15) is 24.6 Å². The van der Waals surface area contributed by atoms with E-state index >= 15 is 0 Å². The highest BCUT2D eigenvalue weighted by Crippen LogP contribution is 2.30. The predicted molar refractivity (Wildman–Crippen MR) is 86.0 cm³/mol. The van der Waals surface area contributed by atoms with E-state index in [1.165, 1.54) is 6.26 Å². The highest BCUT2D eigenvalue weighted by molar-refractivity contribution is 7.90. The lowest BCUT2D eigenvalue weighted by Gasteiger charge is -2.35. The smallest absolute Gasteiger partial charge is 0.177 e. The Morgan fingerprint density at radius 3 is 2.83 bits per heavy atom. The molecule has 1 unspecified atom stereocenters. The Bertz CT molecular complexity index is 788. The fourth-order valence-electron chi connectivity index (χ4n) is 2.99. The van der Waals surface area contributed by atoms with E-state index in [0.29, 0.717) is 17.1 Å². The maximum atomic E-state index is 12.0. The molecule has 23 heavy (non-hydrogen) atoms. The van der Waals surface area contributed by atoms with Crippen molar-refractivity contribution in [2.45, 2.75) is 30.4 Å². The van der Waals surface area contributed by atoms with E-state index in [2.05, 4.69) is 15.2 Å². The number of benzene rings is 1. The van der Waals surface area contributed by atoms with Crippen molar-refractivity contribution in [3.8, 4) is 0 Å². The van der Waals surface area contributed by atoms with Crippen molar-refractivity contribution in [3.63, 3.8) is 0 Å². The molecule has 0 aliphatic carbocycles. The molecule has 0 amide bonds. The molecule has 2 heterocycles. The molecule has 8 heteroatoms. The van der Waals surface area contributed by atoms with Crippen LogP contribution in [-0.4, -0.2) is 47.9 Å². The Balaban J connectivity index is 1.87. The molecular formula is C15H20N4O3S. The quantitative estimate of drug-likeness (QED) is 0.897. The molecule has 1 fully saturated rings. The zero-order valence-electron chi connectivity index (χ0n) is 13.0. The molecule has 2 aromatic rings. The average molecular weight is 336 g/mol. The number of para-hydroxylation sites is 1. The number of piperidine rings is 1. The minimum Gasteiger partial charge on any atom is -0.390 e. The van der Waals surface area contributed by atoms with Crippen LogP contribution in [0.25, 0.3) is 0 Å². The number of rotatable bonds is 4. The molecule has 1 aliphatic rings. The zero-order chi connectivity index (χ0) is 16.4. The highest BCUT2D eigenvalue weighted by Gasteiger charge is 2.25. The van der Waals surface area contributed by atoms with Gasteiger partial charge in [0.1, 0.15) is 5.69 Å². The van der Waals surface area contributed by atoms with E-state index in [1.807, 2.05) is 12.1 Å². The van der Waals surface area contributed by atoms with Gasteiger partial charge in [0.2, 0.25) is 0 Å². The number of aliphatic hydroxyl groups is 1. The fourth-order valence-corrected chi connectivity index (χ4v) is 3.89.